The fourth-order valence-electron chi connectivity index (χ4n) is 1.61. The maximum Gasteiger partial charge on any atom is 0.243 e. The number of nitrogens with two attached hydrogens (primary N) is 1. The smallest absolute Gasteiger partial charge is 0.243 e. The number of ether oxygens (including phenoxy) is 1. The van der Waals surface area contributed by atoms with Crippen LogP contribution in [-0.4, -0.2) is 52.5 Å². The van der Waals surface area contributed by atoms with Crippen molar-refractivity contribution in [3.05, 3.63) is 24.3 Å². The molecule has 3 N–H and O–H groups in total. The molecule has 0 saturated heterocycles. The second kappa shape index (κ2) is 7.96. The summed E-state index contributed by atoms with van der Waals surface area (Å²) >= 11 is 0. The number of rotatable bonds is 8. The van der Waals surface area contributed by atoms with Crippen LogP contribution in [0.5, 0.6) is 0 Å². The summed E-state index contributed by atoms with van der Waals surface area (Å²) in [6.07, 6.45) is 0.677. The summed E-state index contributed by atoms with van der Waals surface area (Å²) in [5.74, 6) is -0.354. The molecule has 1 amide bonds. The number of nitrogen functional groups attached to an aromatic ring is 1. The van der Waals surface area contributed by atoms with Gasteiger partial charge in [-0.2, -0.15) is 4.31 Å². The largest absolute Gasteiger partial charge is 0.399 e. The van der Waals surface area contributed by atoms with Crippen LogP contribution >= 0.6 is 0 Å². The first kappa shape index (κ1) is 17.4. The van der Waals surface area contributed by atoms with Crippen molar-refractivity contribution >= 4 is 21.6 Å². The first-order valence-electron chi connectivity index (χ1n) is 6.45. The molecule has 1 aromatic rings. The average Bonchev–Trinajstić information content (AvgIpc) is 2.44. The van der Waals surface area contributed by atoms with Crippen LogP contribution in [0.2, 0.25) is 0 Å². The Morgan fingerprint density at radius 1 is 1.33 bits per heavy atom. The van der Waals surface area contributed by atoms with E-state index in [1.54, 1.807) is 7.11 Å². The summed E-state index contributed by atoms with van der Waals surface area (Å²) in [4.78, 5) is 11.8. The Bertz CT molecular complexity index is 557. The van der Waals surface area contributed by atoms with Crippen molar-refractivity contribution in [3.63, 3.8) is 0 Å². The summed E-state index contributed by atoms with van der Waals surface area (Å²) in [6, 6.07) is 5.84. The third-order valence-electron chi connectivity index (χ3n) is 2.80. The van der Waals surface area contributed by atoms with E-state index in [2.05, 4.69) is 5.32 Å². The van der Waals surface area contributed by atoms with Gasteiger partial charge in [0.05, 0.1) is 11.4 Å². The summed E-state index contributed by atoms with van der Waals surface area (Å²) in [5, 5.41) is 2.64. The summed E-state index contributed by atoms with van der Waals surface area (Å²) in [7, 11) is -0.754. The van der Waals surface area contributed by atoms with Crippen LogP contribution in [0.4, 0.5) is 5.69 Å². The van der Waals surface area contributed by atoms with Gasteiger partial charge < -0.3 is 15.8 Å². The number of nitrogens with one attached hydrogen (secondary N) is 1. The van der Waals surface area contributed by atoms with Crippen LogP contribution in [0, 0.1) is 0 Å². The Morgan fingerprint density at radius 3 is 2.52 bits per heavy atom. The van der Waals surface area contributed by atoms with E-state index in [-0.39, 0.29) is 17.3 Å². The van der Waals surface area contributed by atoms with Crippen LogP contribution in [-0.2, 0) is 19.6 Å². The van der Waals surface area contributed by atoms with Gasteiger partial charge in [-0.3, -0.25) is 4.79 Å². The topological polar surface area (TPSA) is 102 Å². The third kappa shape index (κ3) is 5.33. The lowest BCUT2D eigenvalue weighted by Gasteiger charge is -2.17. The molecule has 0 aromatic heterocycles. The standard InChI is InChI=1S/C13H21N3O4S/c1-16(10-13(17)15-8-3-9-20-2)21(18,19)12-6-4-11(14)5-7-12/h4-7H,3,8-10,14H2,1-2H3,(H,15,17). The lowest BCUT2D eigenvalue weighted by molar-refractivity contribution is -0.121. The third-order valence-corrected chi connectivity index (χ3v) is 4.62. The van der Waals surface area contributed by atoms with Crippen molar-refractivity contribution in [3.8, 4) is 0 Å². The van der Waals surface area contributed by atoms with E-state index >= 15 is 0 Å². The number of carbonyl (C=O) groups excluding carboxylic acids is 1. The molecule has 21 heavy (non-hydrogen) atoms. The van der Waals surface area contributed by atoms with Gasteiger partial charge in [-0.15, -0.1) is 0 Å². The van der Waals surface area contributed by atoms with Gasteiger partial charge in [0.2, 0.25) is 15.9 Å². The first-order chi connectivity index (χ1) is 9.87. The average molecular weight is 315 g/mol. The maximum absolute atomic E-state index is 12.2. The van der Waals surface area contributed by atoms with Crippen molar-refractivity contribution in [1.82, 2.24) is 9.62 Å². The van der Waals surface area contributed by atoms with Gasteiger partial charge in [-0.25, -0.2) is 8.42 Å². The molecule has 0 bridgehead atoms. The van der Waals surface area contributed by atoms with Gasteiger partial charge in [0.1, 0.15) is 0 Å². The quantitative estimate of drug-likeness (QED) is 0.521. The molecule has 0 aliphatic heterocycles. The predicted molar refractivity (Wildman–Crippen MR) is 80.2 cm³/mol. The number of hydrogen-bond donors (Lipinski definition) is 2. The number of carbonyl (C=O) groups is 1. The van der Waals surface area contributed by atoms with E-state index in [1.165, 1.54) is 31.3 Å². The van der Waals surface area contributed by atoms with Crippen LogP contribution in [0.15, 0.2) is 29.2 Å². The normalized spacial score (nSPS) is 11.6. The van der Waals surface area contributed by atoms with Gasteiger partial charge in [0.25, 0.3) is 0 Å². The lowest BCUT2D eigenvalue weighted by atomic mass is 10.3. The SMILES string of the molecule is COCCCNC(=O)CN(C)S(=O)(=O)c1ccc(N)cc1. The van der Waals surface area contributed by atoms with Crippen LogP contribution < -0.4 is 11.1 Å². The van der Waals surface area contributed by atoms with Crippen molar-refractivity contribution in [2.75, 3.05) is 39.6 Å². The van der Waals surface area contributed by atoms with E-state index in [9.17, 15) is 13.2 Å². The molecular formula is C13H21N3O4S. The summed E-state index contributed by atoms with van der Waals surface area (Å²) < 4.78 is 30.3. The monoisotopic (exact) mass is 315 g/mol. The zero-order valence-corrected chi connectivity index (χ0v) is 13.0. The number of benzene rings is 1. The van der Waals surface area contributed by atoms with Gasteiger partial charge in [0.15, 0.2) is 0 Å². The van der Waals surface area contributed by atoms with Crippen LogP contribution in [0.1, 0.15) is 6.42 Å². The highest BCUT2D eigenvalue weighted by atomic mass is 32.2. The lowest BCUT2D eigenvalue weighted by Crippen LogP contribution is -2.38. The first-order valence-corrected chi connectivity index (χ1v) is 7.89. The molecule has 0 aliphatic rings. The molecule has 0 atom stereocenters. The molecular weight excluding hydrogens is 294 g/mol. The van der Waals surface area contributed by atoms with E-state index < -0.39 is 10.0 Å². The van der Waals surface area contributed by atoms with Gasteiger partial charge in [-0.1, -0.05) is 0 Å². The van der Waals surface area contributed by atoms with E-state index in [1.807, 2.05) is 0 Å². The molecule has 0 heterocycles. The predicted octanol–water partition coefficient (Wildman–Crippen LogP) is 0.0420. The highest BCUT2D eigenvalue weighted by Gasteiger charge is 2.22. The fraction of sp³-hybridized carbons (Fsp3) is 0.462. The summed E-state index contributed by atoms with van der Waals surface area (Å²) in [5.41, 5.74) is 6.00. The minimum atomic E-state index is -3.69. The van der Waals surface area contributed by atoms with Crippen LogP contribution in [0.3, 0.4) is 0 Å². The van der Waals surface area contributed by atoms with Gasteiger partial charge in [-0.05, 0) is 30.7 Å². The molecule has 0 saturated carbocycles. The van der Waals surface area contributed by atoms with Crippen LogP contribution in [0.25, 0.3) is 0 Å². The van der Waals surface area contributed by atoms with Crippen molar-refractivity contribution < 1.29 is 17.9 Å². The fourth-order valence-corrected chi connectivity index (χ4v) is 2.73. The van der Waals surface area contributed by atoms with E-state index in [4.69, 9.17) is 10.5 Å². The number of anilines is 1. The Labute approximate surface area is 125 Å². The molecule has 8 heteroatoms. The van der Waals surface area contributed by atoms with Crippen molar-refractivity contribution in [2.24, 2.45) is 0 Å². The van der Waals surface area contributed by atoms with Crippen molar-refractivity contribution in [2.45, 2.75) is 11.3 Å². The molecule has 7 nitrogen and oxygen atoms in total. The van der Waals surface area contributed by atoms with Gasteiger partial charge in [0, 0.05) is 33.0 Å². The Hall–Kier alpha value is -1.64. The minimum absolute atomic E-state index is 0.103. The second-order valence-corrected chi connectivity index (χ2v) is 6.57. The Kier molecular flexibility index (Phi) is 6.60. The molecule has 0 unspecified atom stereocenters. The molecule has 1 aromatic carbocycles. The Morgan fingerprint density at radius 2 is 1.95 bits per heavy atom. The number of methoxy groups -OCH3 is 1. The second-order valence-electron chi connectivity index (χ2n) is 4.53. The number of amides is 1. The van der Waals surface area contributed by atoms with Crippen molar-refractivity contribution in [1.29, 1.82) is 0 Å². The van der Waals surface area contributed by atoms with Gasteiger partial charge >= 0.3 is 0 Å². The number of likely N-dealkylation sites (N-methyl/N-ethyl adjacent to an activating group) is 1. The molecule has 118 valence electrons. The maximum atomic E-state index is 12.2. The molecule has 0 radical (unpaired) electrons. The molecule has 0 spiro atoms. The highest BCUT2D eigenvalue weighted by molar-refractivity contribution is 7.89. The number of nitrogens with zero attached hydrogens (tertiary/aromatic N) is 1. The van der Waals surface area contributed by atoms with E-state index in [0.717, 1.165) is 4.31 Å². The molecule has 1 rings (SSSR count). The number of sulfonamides is 1. The Balaban J connectivity index is 2.59. The highest BCUT2D eigenvalue weighted by Crippen LogP contribution is 2.15. The molecule has 0 aliphatic carbocycles. The van der Waals surface area contributed by atoms with E-state index in [0.29, 0.717) is 25.3 Å². The summed E-state index contributed by atoms with van der Waals surface area (Å²) in [6.45, 7) is 0.752. The molecule has 0 fully saturated rings. The zero-order chi connectivity index (χ0) is 15.9. The zero-order valence-electron chi connectivity index (χ0n) is 12.2. The minimum Gasteiger partial charge on any atom is -0.399 e. The number of hydrogen-bond acceptors (Lipinski definition) is 5.